The number of hydrogen-bond donors (Lipinski definition) is 2. The van der Waals surface area contributed by atoms with Crippen molar-refractivity contribution in [1.29, 1.82) is 5.41 Å². The molecular formula is C9H10BrN3O3. The Kier molecular flexibility index (Phi) is 3.83. The number of nitrogens with two attached hydrogens (primary N) is 1. The molecule has 1 atom stereocenters. The summed E-state index contributed by atoms with van der Waals surface area (Å²) in [4.78, 5) is 10.2. The van der Waals surface area contributed by atoms with Crippen molar-refractivity contribution < 1.29 is 9.66 Å². The zero-order valence-corrected chi connectivity index (χ0v) is 10.0. The van der Waals surface area contributed by atoms with Gasteiger partial charge in [0.2, 0.25) is 5.75 Å². The van der Waals surface area contributed by atoms with E-state index >= 15 is 0 Å². The lowest BCUT2D eigenvalue weighted by Gasteiger charge is -2.14. The Morgan fingerprint density at radius 3 is 2.81 bits per heavy atom. The van der Waals surface area contributed by atoms with Gasteiger partial charge in [0.1, 0.15) is 5.84 Å². The number of nitro groups is 1. The van der Waals surface area contributed by atoms with Crippen LogP contribution in [-0.2, 0) is 0 Å². The second kappa shape index (κ2) is 4.93. The van der Waals surface area contributed by atoms with E-state index in [9.17, 15) is 10.1 Å². The van der Waals surface area contributed by atoms with Gasteiger partial charge in [-0.05, 0) is 28.9 Å². The molecule has 0 bridgehead atoms. The standard InChI is InChI=1S/C9H10BrN3O3/c1-5(9(11)12)16-8-6(10)3-2-4-7(8)13(14)15/h2-5H,1H3,(H3,11,12). The molecule has 0 aliphatic heterocycles. The number of benzene rings is 1. The molecule has 1 unspecified atom stereocenters. The summed E-state index contributed by atoms with van der Waals surface area (Å²) in [6.07, 6.45) is -0.711. The van der Waals surface area contributed by atoms with Gasteiger partial charge in [-0.3, -0.25) is 15.5 Å². The minimum absolute atomic E-state index is 0.0789. The molecule has 86 valence electrons. The third-order valence-electron chi connectivity index (χ3n) is 1.88. The number of nitro benzene ring substituents is 1. The van der Waals surface area contributed by atoms with Crippen molar-refractivity contribution in [2.45, 2.75) is 13.0 Å². The maximum absolute atomic E-state index is 10.7. The monoisotopic (exact) mass is 287 g/mol. The van der Waals surface area contributed by atoms with Gasteiger partial charge in [0.15, 0.2) is 6.10 Å². The molecule has 3 N–H and O–H groups in total. The van der Waals surface area contributed by atoms with Crippen molar-refractivity contribution in [2.75, 3.05) is 0 Å². The van der Waals surface area contributed by atoms with E-state index in [1.54, 1.807) is 13.0 Å². The first kappa shape index (κ1) is 12.4. The predicted octanol–water partition coefficient (Wildman–Crippen LogP) is 2.06. The number of para-hydroxylation sites is 1. The third-order valence-corrected chi connectivity index (χ3v) is 2.50. The number of amidine groups is 1. The van der Waals surface area contributed by atoms with Crippen LogP contribution in [0.3, 0.4) is 0 Å². The SMILES string of the molecule is CC(Oc1c(Br)cccc1[N+](=O)[O-])C(=N)N. The lowest BCUT2D eigenvalue weighted by atomic mass is 10.3. The average molecular weight is 288 g/mol. The number of hydrogen-bond acceptors (Lipinski definition) is 4. The fourth-order valence-corrected chi connectivity index (χ4v) is 1.45. The highest BCUT2D eigenvalue weighted by Crippen LogP contribution is 2.35. The second-order valence-corrected chi connectivity index (χ2v) is 3.91. The smallest absolute Gasteiger partial charge is 0.312 e. The van der Waals surface area contributed by atoms with Crippen LogP contribution in [0.15, 0.2) is 22.7 Å². The minimum atomic E-state index is -0.711. The van der Waals surface area contributed by atoms with Crippen molar-refractivity contribution in [3.8, 4) is 5.75 Å². The highest BCUT2D eigenvalue weighted by molar-refractivity contribution is 9.10. The molecule has 7 heteroatoms. The normalized spacial score (nSPS) is 11.9. The Bertz CT molecular complexity index is 436. The van der Waals surface area contributed by atoms with Crippen molar-refractivity contribution in [1.82, 2.24) is 0 Å². The zero-order chi connectivity index (χ0) is 12.3. The summed E-state index contributed by atoms with van der Waals surface area (Å²) < 4.78 is 5.71. The van der Waals surface area contributed by atoms with Crippen LogP contribution in [0.5, 0.6) is 5.75 Å². The molecule has 1 aromatic rings. The molecule has 0 saturated carbocycles. The average Bonchev–Trinajstić information content (AvgIpc) is 2.20. The van der Waals surface area contributed by atoms with Crippen LogP contribution in [0.4, 0.5) is 5.69 Å². The highest BCUT2D eigenvalue weighted by Gasteiger charge is 2.20. The number of nitrogens with one attached hydrogen (secondary N) is 1. The summed E-state index contributed by atoms with van der Waals surface area (Å²) in [6, 6.07) is 4.48. The molecule has 0 fully saturated rings. The molecule has 0 heterocycles. The number of rotatable bonds is 4. The van der Waals surface area contributed by atoms with Gasteiger partial charge in [-0.15, -0.1) is 0 Å². The van der Waals surface area contributed by atoms with Gasteiger partial charge in [-0.2, -0.15) is 0 Å². The Hall–Kier alpha value is -1.63. The molecule has 1 rings (SSSR count). The van der Waals surface area contributed by atoms with Crippen LogP contribution in [0.2, 0.25) is 0 Å². The van der Waals surface area contributed by atoms with Crippen LogP contribution < -0.4 is 10.5 Å². The maximum atomic E-state index is 10.7. The van der Waals surface area contributed by atoms with E-state index in [1.165, 1.54) is 12.1 Å². The van der Waals surface area contributed by atoms with E-state index in [4.69, 9.17) is 15.9 Å². The molecular weight excluding hydrogens is 278 g/mol. The molecule has 0 amide bonds. The maximum Gasteiger partial charge on any atom is 0.312 e. The molecule has 0 spiro atoms. The van der Waals surface area contributed by atoms with Crippen molar-refractivity contribution in [2.24, 2.45) is 5.73 Å². The van der Waals surface area contributed by atoms with Crippen molar-refractivity contribution >= 4 is 27.5 Å². The van der Waals surface area contributed by atoms with E-state index < -0.39 is 11.0 Å². The van der Waals surface area contributed by atoms with E-state index in [2.05, 4.69) is 15.9 Å². The van der Waals surface area contributed by atoms with Gasteiger partial charge >= 0.3 is 5.69 Å². The summed E-state index contributed by atoms with van der Waals surface area (Å²) in [5.41, 5.74) is 5.07. The Morgan fingerprint density at radius 2 is 2.31 bits per heavy atom. The highest BCUT2D eigenvalue weighted by atomic mass is 79.9. The predicted molar refractivity (Wildman–Crippen MR) is 62.8 cm³/mol. The lowest BCUT2D eigenvalue weighted by molar-refractivity contribution is -0.386. The third kappa shape index (κ3) is 2.69. The first-order chi connectivity index (χ1) is 7.43. The van der Waals surface area contributed by atoms with Gasteiger partial charge < -0.3 is 10.5 Å². The largest absolute Gasteiger partial charge is 0.475 e. The van der Waals surface area contributed by atoms with Crippen molar-refractivity contribution in [3.05, 3.63) is 32.8 Å². The number of ether oxygens (including phenoxy) is 1. The fourth-order valence-electron chi connectivity index (χ4n) is 0.998. The van der Waals surface area contributed by atoms with E-state index in [1.807, 2.05) is 0 Å². The van der Waals surface area contributed by atoms with Gasteiger partial charge in [-0.1, -0.05) is 6.07 Å². The topological polar surface area (TPSA) is 102 Å². The van der Waals surface area contributed by atoms with Gasteiger partial charge in [0.25, 0.3) is 0 Å². The van der Waals surface area contributed by atoms with Crippen LogP contribution in [0.25, 0.3) is 0 Å². The number of nitrogens with zero attached hydrogens (tertiary/aromatic N) is 1. The molecule has 0 aliphatic carbocycles. The van der Waals surface area contributed by atoms with E-state index in [0.29, 0.717) is 4.47 Å². The van der Waals surface area contributed by atoms with Crippen LogP contribution in [0, 0.1) is 15.5 Å². The quantitative estimate of drug-likeness (QED) is 0.383. The van der Waals surface area contributed by atoms with E-state index in [0.717, 1.165) is 0 Å². The van der Waals surface area contributed by atoms with Gasteiger partial charge in [-0.25, -0.2) is 0 Å². The van der Waals surface area contributed by atoms with Crippen LogP contribution in [0.1, 0.15) is 6.92 Å². The van der Waals surface area contributed by atoms with Crippen LogP contribution in [-0.4, -0.2) is 16.9 Å². The summed E-state index contributed by atoms with van der Waals surface area (Å²) in [5, 5.41) is 17.9. The molecule has 0 aliphatic rings. The zero-order valence-electron chi connectivity index (χ0n) is 8.44. The lowest BCUT2D eigenvalue weighted by Crippen LogP contribution is -2.30. The van der Waals surface area contributed by atoms with Crippen molar-refractivity contribution in [3.63, 3.8) is 0 Å². The van der Waals surface area contributed by atoms with Gasteiger partial charge in [0.05, 0.1) is 9.40 Å². The van der Waals surface area contributed by atoms with Gasteiger partial charge in [0, 0.05) is 6.07 Å². The molecule has 1 aromatic carbocycles. The molecule has 0 radical (unpaired) electrons. The Labute approximate surface area is 100 Å². The fraction of sp³-hybridized carbons (Fsp3) is 0.222. The van der Waals surface area contributed by atoms with E-state index in [-0.39, 0.29) is 17.3 Å². The number of halogens is 1. The van der Waals surface area contributed by atoms with Crippen LogP contribution >= 0.6 is 15.9 Å². The first-order valence-electron chi connectivity index (χ1n) is 4.37. The Morgan fingerprint density at radius 1 is 1.69 bits per heavy atom. The first-order valence-corrected chi connectivity index (χ1v) is 5.16. The second-order valence-electron chi connectivity index (χ2n) is 3.06. The molecule has 0 saturated heterocycles. The summed E-state index contributed by atoms with van der Waals surface area (Å²) in [7, 11) is 0. The Balaban J connectivity index is 3.11. The molecule has 6 nitrogen and oxygen atoms in total. The molecule has 16 heavy (non-hydrogen) atoms. The molecule has 0 aromatic heterocycles. The summed E-state index contributed by atoms with van der Waals surface area (Å²) >= 11 is 3.15. The minimum Gasteiger partial charge on any atom is -0.475 e. The summed E-state index contributed by atoms with van der Waals surface area (Å²) in [6.45, 7) is 1.55. The summed E-state index contributed by atoms with van der Waals surface area (Å²) in [5.74, 6) is -0.111.